The van der Waals surface area contributed by atoms with E-state index in [1.807, 2.05) is 19.1 Å². The molecule has 0 fully saturated rings. The largest absolute Gasteiger partial charge is 0.318 e. The van der Waals surface area contributed by atoms with Crippen molar-refractivity contribution in [2.24, 2.45) is 0 Å². The Morgan fingerprint density at radius 2 is 2.29 bits per heavy atom. The molecule has 0 amide bonds. The van der Waals surface area contributed by atoms with E-state index in [0.29, 0.717) is 22.7 Å². The maximum Gasteiger partial charge on any atom is 0.270 e. The zero-order chi connectivity index (χ0) is 10.1. The predicted molar refractivity (Wildman–Crippen MR) is 56.8 cm³/mol. The van der Waals surface area contributed by atoms with Gasteiger partial charge in [0.15, 0.2) is 0 Å². The smallest absolute Gasteiger partial charge is 0.270 e. The summed E-state index contributed by atoms with van der Waals surface area (Å²) in [6.07, 6.45) is 0.623. The lowest BCUT2D eigenvalue weighted by Gasteiger charge is -2.01. The van der Waals surface area contributed by atoms with E-state index in [-0.39, 0.29) is 5.56 Å². The second-order valence-corrected chi connectivity index (χ2v) is 3.41. The quantitative estimate of drug-likeness (QED) is 0.781. The molecule has 2 rings (SSSR count). The topological polar surface area (TPSA) is 45.8 Å². The Labute approximate surface area is 85.7 Å². The minimum absolute atomic E-state index is 0.159. The van der Waals surface area contributed by atoms with Crippen LogP contribution in [0.1, 0.15) is 12.6 Å². The van der Waals surface area contributed by atoms with E-state index in [2.05, 4.69) is 9.97 Å². The number of halogens is 1. The third-order valence-corrected chi connectivity index (χ3v) is 2.40. The fourth-order valence-electron chi connectivity index (χ4n) is 1.35. The van der Waals surface area contributed by atoms with Crippen LogP contribution >= 0.6 is 11.6 Å². The number of para-hydroxylation sites is 1. The molecule has 0 saturated carbocycles. The van der Waals surface area contributed by atoms with Gasteiger partial charge in [-0.15, -0.1) is 0 Å². The summed E-state index contributed by atoms with van der Waals surface area (Å²) in [6, 6.07) is 5.37. The zero-order valence-electron chi connectivity index (χ0n) is 7.67. The molecule has 0 unspecified atom stereocenters. The SMILES string of the molecule is CCc1nc2cccc(Cl)c2[nH]c1=O. The summed E-state index contributed by atoms with van der Waals surface area (Å²) >= 11 is 5.91. The fraction of sp³-hybridized carbons (Fsp3) is 0.200. The summed E-state index contributed by atoms with van der Waals surface area (Å²) in [5, 5.41) is 0.523. The fourth-order valence-corrected chi connectivity index (χ4v) is 1.57. The standard InChI is InChI=1S/C10H9ClN2O/c1-2-7-10(14)13-9-6(11)4-3-5-8(9)12-7/h3-5H,2H2,1H3,(H,13,14). The van der Waals surface area contributed by atoms with Gasteiger partial charge in [-0.1, -0.05) is 24.6 Å². The Hall–Kier alpha value is -1.35. The lowest BCUT2D eigenvalue weighted by atomic mass is 10.2. The molecule has 0 aliphatic heterocycles. The van der Waals surface area contributed by atoms with Crippen LogP contribution in [-0.2, 0) is 6.42 Å². The van der Waals surface area contributed by atoms with Crippen LogP contribution in [0.3, 0.4) is 0 Å². The number of nitrogens with zero attached hydrogens (tertiary/aromatic N) is 1. The second-order valence-electron chi connectivity index (χ2n) is 3.00. The summed E-state index contributed by atoms with van der Waals surface area (Å²) in [4.78, 5) is 18.4. The molecule has 2 aromatic rings. The highest BCUT2D eigenvalue weighted by Gasteiger charge is 2.04. The van der Waals surface area contributed by atoms with Gasteiger partial charge in [0.1, 0.15) is 5.69 Å². The maximum absolute atomic E-state index is 11.4. The summed E-state index contributed by atoms with van der Waals surface area (Å²) in [5.74, 6) is 0. The number of nitrogens with one attached hydrogen (secondary N) is 1. The average Bonchev–Trinajstić information content (AvgIpc) is 2.19. The third-order valence-electron chi connectivity index (χ3n) is 2.08. The van der Waals surface area contributed by atoms with Gasteiger partial charge in [-0.05, 0) is 18.6 Å². The molecule has 14 heavy (non-hydrogen) atoms. The summed E-state index contributed by atoms with van der Waals surface area (Å²) in [7, 11) is 0. The van der Waals surface area contributed by atoms with Crippen LogP contribution in [0.2, 0.25) is 5.02 Å². The molecule has 1 aromatic heterocycles. The molecule has 1 aromatic carbocycles. The van der Waals surface area contributed by atoms with Gasteiger partial charge in [-0.3, -0.25) is 4.79 Å². The molecule has 0 bridgehead atoms. The van der Waals surface area contributed by atoms with E-state index in [9.17, 15) is 4.79 Å². The van der Waals surface area contributed by atoms with E-state index >= 15 is 0 Å². The highest BCUT2D eigenvalue weighted by molar-refractivity contribution is 6.34. The maximum atomic E-state index is 11.4. The van der Waals surface area contributed by atoms with E-state index < -0.39 is 0 Å². The molecule has 0 spiro atoms. The van der Waals surface area contributed by atoms with Crippen molar-refractivity contribution in [3.05, 3.63) is 39.3 Å². The van der Waals surface area contributed by atoms with Crippen LogP contribution in [0.5, 0.6) is 0 Å². The van der Waals surface area contributed by atoms with Crippen molar-refractivity contribution in [1.29, 1.82) is 0 Å². The number of hydrogen-bond acceptors (Lipinski definition) is 2. The van der Waals surface area contributed by atoms with Crippen molar-refractivity contribution in [2.75, 3.05) is 0 Å². The molecular weight excluding hydrogens is 200 g/mol. The van der Waals surface area contributed by atoms with E-state index in [4.69, 9.17) is 11.6 Å². The van der Waals surface area contributed by atoms with Crippen LogP contribution in [-0.4, -0.2) is 9.97 Å². The van der Waals surface area contributed by atoms with Crippen LogP contribution in [0.4, 0.5) is 0 Å². The Bertz CT molecular complexity index is 533. The van der Waals surface area contributed by atoms with Gasteiger partial charge in [0.2, 0.25) is 0 Å². The van der Waals surface area contributed by atoms with Crippen molar-refractivity contribution in [3.63, 3.8) is 0 Å². The van der Waals surface area contributed by atoms with Gasteiger partial charge in [0.25, 0.3) is 5.56 Å². The monoisotopic (exact) mass is 208 g/mol. The molecule has 4 heteroatoms. The van der Waals surface area contributed by atoms with Crippen LogP contribution < -0.4 is 5.56 Å². The molecule has 0 aliphatic rings. The van der Waals surface area contributed by atoms with Crippen LogP contribution in [0.15, 0.2) is 23.0 Å². The zero-order valence-corrected chi connectivity index (χ0v) is 8.43. The molecule has 1 N–H and O–H groups in total. The van der Waals surface area contributed by atoms with Crippen molar-refractivity contribution in [1.82, 2.24) is 9.97 Å². The average molecular weight is 209 g/mol. The lowest BCUT2D eigenvalue weighted by molar-refractivity contribution is 0.997. The Morgan fingerprint density at radius 3 is 3.00 bits per heavy atom. The van der Waals surface area contributed by atoms with Gasteiger partial charge in [0.05, 0.1) is 16.1 Å². The number of aromatic amines is 1. The first-order valence-electron chi connectivity index (χ1n) is 4.39. The van der Waals surface area contributed by atoms with Gasteiger partial charge in [0, 0.05) is 0 Å². The Kier molecular flexibility index (Phi) is 2.25. The lowest BCUT2D eigenvalue weighted by Crippen LogP contribution is -2.14. The number of aromatic nitrogens is 2. The second kappa shape index (κ2) is 3.42. The molecule has 0 radical (unpaired) electrons. The normalized spacial score (nSPS) is 10.7. The van der Waals surface area contributed by atoms with Crippen LogP contribution in [0.25, 0.3) is 11.0 Å². The Balaban J connectivity index is 2.86. The minimum atomic E-state index is -0.159. The van der Waals surface area contributed by atoms with E-state index in [0.717, 1.165) is 5.52 Å². The molecule has 0 aliphatic carbocycles. The molecule has 1 heterocycles. The molecule has 3 nitrogen and oxygen atoms in total. The third kappa shape index (κ3) is 1.40. The first-order chi connectivity index (χ1) is 6.72. The van der Waals surface area contributed by atoms with E-state index in [1.165, 1.54) is 0 Å². The number of aryl methyl sites for hydroxylation is 1. The molecule has 0 atom stereocenters. The van der Waals surface area contributed by atoms with Crippen LogP contribution in [0, 0.1) is 0 Å². The van der Waals surface area contributed by atoms with Gasteiger partial charge < -0.3 is 4.98 Å². The summed E-state index contributed by atoms with van der Waals surface area (Å²) < 4.78 is 0. The molecule has 0 saturated heterocycles. The van der Waals surface area contributed by atoms with Gasteiger partial charge in [-0.25, -0.2) is 4.98 Å². The Morgan fingerprint density at radius 1 is 1.50 bits per heavy atom. The summed E-state index contributed by atoms with van der Waals surface area (Å²) in [6.45, 7) is 1.90. The molecular formula is C10H9ClN2O. The highest BCUT2D eigenvalue weighted by Crippen LogP contribution is 2.18. The highest BCUT2D eigenvalue weighted by atomic mass is 35.5. The summed E-state index contributed by atoms with van der Waals surface area (Å²) in [5.41, 5.74) is 1.72. The predicted octanol–water partition coefficient (Wildman–Crippen LogP) is 2.14. The van der Waals surface area contributed by atoms with Crippen molar-refractivity contribution >= 4 is 22.6 Å². The van der Waals surface area contributed by atoms with Crippen molar-refractivity contribution < 1.29 is 0 Å². The van der Waals surface area contributed by atoms with Gasteiger partial charge in [-0.2, -0.15) is 0 Å². The van der Waals surface area contributed by atoms with Gasteiger partial charge >= 0.3 is 0 Å². The first-order valence-corrected chi connectivity index (χ1v) is 4.77. The molecule has 72 valence electrons. The first kappa shape index (κ1) is 9.21. The van der Waals surface area contributed by atoms with E-state index in [1.54, 1.807) is 6.07 Å². The number of benzene rings is 1. The number of rotatable bonds is 1. The number of fused-ring (bicyclic) bond motifs is 1. The van der Waals surface area contributed by atoms with Crippen molar-refractivity contribution in [2.45, 2.75) is 13.3 Å². The van der Waals surface area contributed by atoms with Crippen molar-refractivity contribution in [3.8, 4) is 0 Å². The minimum Gasteiger partial charge on any atom is -0.318 e. The number of H-pyrrole nitrogens is 1. The number of hydrogen-bond donors (Lipinski definition) is 1.